The fraction of sp³-hybridized carbons (Fsp3) is 1.00. The van der Waals surface area contributed by atoms with Crippen LogP contribution in [0.25, 0.3) is 0 Å². The summed E-state index contributed by atoms with van der Waals surface area (Å²) in [5.74, 6) is 0. The Morgan fingerprint density at radius 3 is 2.83 bits per heavy atom. The zero-order valence-electron chi connectivity index (χ0n) is 7.95. The van der Waals surface area contributed by atoms with E-state index in [4.69, 9.17) is 8.92 Å². The van der Waals surface area contributed by atoms with Crippen LogP contribution in [0, 0.1) is 0 Å². The molecule has 1 aliphatic heterocycles. The smallest absolute Gasteiger partial charge is 0.0770 e. The van der Waals surface area contributed by atoms with Gasteiger partial charge in [-0.25, -0.2) is 0 Å². The summed E-state index contributed by atoms with van der Waals surface area (Å²) in [5.41, 5.74) is 0. The van der Waals surface area contributed by atoms with Gasteiger partial charge >= 0.3 is 0 Å². The summed E-state index contributed by atoms with van der Waals surface area (Å²) in [6.07, 6.45) is 3.43. The Morgan fingerprint density at radius 1 is 1.58 bits per heavy atom. The molecule has 2 atom stereocenters. The standard InChI is InChI=1S/C8H17NO2S/c1-9-5-8(10-2)4-7(9)6-11-12-3/h7-8H,4-6H2,1-3H3. The largest absolute Gasteiger partial charge is 0.380 e. The van der Waals surface area contributed by atoms with Crippen LogP contribution in [0.2, 0.25) is 0 Å². The Labute approximate surface area is 78.6 Å². The lowest BCUT2D eigenvalue weighted by atomic mass is 10.2. The number of hydrogen-bond donors (Lipinski definition) is 0. The number of rotatable bonds is 4. The molecule has 0 aromatic rings. The lowest BCUT2D eigenvalue weighted by molar-refractivity contribution is 0.111. The van der Waals surface area contributed by atoms with E-state index < -0.39 is 0 Å². The van der Waals surface area contributed by atoms with Gasteiger partial charge in [-0.2, -0.15) is 0 Å². The topological polar surface area (TPSA) is 21.7 Å². The van der Waals surface area contributed by atoms with E-state index in [1.54, 1.807) is 7.11 Å². The minimum absolute atomic E-state index is 0.394. The zero-order valence-corrected chi connectivity index (χ0v) is 8.76. The van der Waals surface area contributed by atoms with Gasteiger partial charge in [-0.1, -0.05) is 0 Å². The lowest BCUT2D eigenvalue weighted by Gasteiger charge is -2.17. The number of hydrogen-bond acceptors (Lipinski definition) is 4. The molecule has 0 amide bonds. The second-order valence-electron chi connectivity index (χ2n) is 3.14. The maximum atomic E-state index is 5.30. The molecule has 0 radical (unpaired) electrons. The normalized spacial score (nSPS) is 31.2. The van der Waals surface area contributed by atoms with Crippen LogP contribution in [0.1, 0.15) is 6.42 Å². The van der Waals surface area contributed by atoms with Crippen molar-refractivity contribution in [1.82, 2.24) is 4.90 Å². The van der Waals surface area contributed by atoms with Crippen molar-refractivity contribution in [1.29, 1.82) is 0 Å². The number of likely N-dealkylation sites (tertiary alicyclic amines) is 1. The molecule has 0 bridgehead atoms. The average molecular weight is 191 g/mol. The van der Waals surface area contributed by atoms with Crippen molar-refractivity contribution in [3.05, 3.63) is 0 Å². The molecular formula is C8H17NO2S. The summed E-state index contributed by atoms with van der Waals surface area (Å²) in [6, 6.07) is 0.530. The molecule has 4 heteroatoms. The van der Waals surface area contributed by atoms with Gasteiger partial charge in [-0.05, 0) is 25.5 Å². The summed E-state index contributed by atoms with van der Waals surface area (Å²) in [4.78, 5) is 2.30. The van der Waals surface area contributed by atoms with Gasteiger partial charge in [0, 0.05) is 26.0 Å². The van der Waals surface area contributed by atoms with E-state index in [0.29, 0.717) is 12.1 Å². The highest BCUT2D eigenvalue weighted by atomic mass is 32.2. The second-order valence-corrected chi connectivity index (χ2v) is 3.71. The van der Waals surface area contributed by atoms with E-state index >= 15 is 0 Å². The third-order valence-electron chi connectivity index (χ3n) is 2.36. The third kappa shape index (κ3) is 2.62. The Hall–Kier alpha value is 0.230. The second kappa shape index (κ2) is 5.07. The van der Waals surface area contributed by atoms with Gasteiger partial charge in [0.05, 0.1) is 12.7 Å². The predicted molar refractivity (Wildman–Crippen MR) is 51.3 cm³/mol. The number of methoxy groups -OCH3 is 1. The molecule has 0 aromatic heterocycles. The average Bonchev–Trinajstić information content (AvgIpc) is 2.43. The fourth-order valence-electron chi connectivity index (χ4n) is 1.54. The highest BCUT2D eigenvalue weighted by molar-refractivity contribution is 7.93. The molecule has 0 N–H and O–H groups in total. The maximum absolute atomic E-state index is 5.30. The van der Waals surface area contributed by atoms with E-state index in [9.17, 15) is 0 Å². The first-order chi connectivity index (χ1) is 5.77. The Balaban J connectivity index is 2.25. The van der Waals surface area contributed by atoms with E-state index in [1.807, 2.05) is 6.26 Å². The summed E-state index contributed by atoms with van der Waals surface area (Å²) in [5, 5.41) is 0. The molecule has 3 nitrogen and oxygen atoms in total. The first-order valence-electron chi connectivity index (χ1n) is 4.16. The van der Waals surface area contributed by atoms with Crippen LogP contribution in [-0.4, -0.2) is 50.6 Å². The van der Waals surface area contributed by atoms with Crippen LogP contribution >= 0.6 is 12.0 Å². The molecule has 72 valence electrons. The van der Waals surface area contributed by atoms with Crippen molar-refractivity contribution in [2.75, 3.05) is 33.6 Å². The molecule has 0 saturated carbocycles. The quantitative estimate of drug-likeness (QED) is 0.618. The van der Waals surface area contributed by atoms with Crippen molar-refractivity contribution in [3.63, 3.8) is 0 Å². The van der Waals surface area contributed by atoms with Crippen LogP contribution < -0.4 is 0 Å². The lowest BCUT2D eigenvalue weighted by Crippen LogP contribution is -2.28. The Morgan fingerprint density at radius 2 is 2.33 bits per heavy atom. The van der Waals surface area contributed by atoms with Crippen LogP contribution in [0.15, 0.2) is 0 Å². The molecule has 1 aliphatic rings. The molecule has 1 fully saturated rings. The van der Waals surface area contributed by atoms with Gasteiger partial charge in [0.15, 0.2) is 0 Å². The zero-order chi connectivity index (χ0) is 8.97. The van der Waals surface area contributed by atoms with Gasteiger partial charge in [0.2, 0.25) is 0 Å². The van der Waals surface area contributed by atoms with E-state index in [-0.39, 0.29) is 0 Å². The molecule has 1 saturated heterocycles. The number of nitrogens with zero attached hydrogens (tertiary/aromatic N) is 1. The van der Waals surface area contributed by atoms with E-state index in [0.717, 1.165) is 19.6 Å². The summed E-state index contributed by atoms with van der Waals surface area (Å²) < 4.78 is 10.6. The fourth-order valence-corrected chi connectivity index (χ4v) is 1.83. The minimum atomic E-state index is 0.394. The third-order valence-corrected chi connectivity index (χ3v) is 2.73. The monoisotopic (exact) mass is 191 g/mol. The van der Waals surface area contributed by atoms with Crippen molar-refractivity contribution < 1.29 is 8.92 Å². The van der Waals surface area contributed by atoms with Gasteiger partial charge in [-0.15, -0.1) is 0 Å². The van der Waals surface area contributed by atoms with E-state index in [2.05, 4.69) is 11.9 Å². The Bertz CT molecular complexity index is 134. The SMILES string of the molecule is COC1CC(COSC)N(C)C1. The molecule has 1 rings (SSSR count). The minimum Gasteiger partial charge on any atom is -0.380 e. The predicted octanol–water partition coefficient (Wildman–Crippen LogP) is 1.00. The molecule has 0 spiro atoms. The number of likely N-dealkylation sites (N-methyl/N-ethyl adjacent to an activating group) is 1. The van der Waals surface area contributed by atoms with Crippen molar-refractivity contribution >= 4 is 12.0 Å². The highest BCUT2D eigenvalue weighted by Gasteiger charge is 2.29. The van der Waals surface area contributed by atoms with Crippen LogP contribution in [0.5, 0.6) is 0 Å². The van der Waals surface area contributed by atoms with Gasteiger partial charge in [0.1, 0.15) is 0 Å². The molecule has 2 unspecified atom stereocenters. The first-order valence-corrected chi connectivity index (χ1v) is 5.31. The van der Waals surface area contributed by atoms with Crippen LogP contribution in [0.3, 0.4) is 0 Å². The summed E-state index contributed by atoms with van der Waals surface area (Å²) in [7, 11) is 3.89. The molecule has 12 heavy (non-hydrogen) atoms. The van der Waals surface area contributed by atoms with Gasteiger partial charge in [0.25, 0.3) is 0 Å². The van der Waals surface area contributed by atoms with Gasteiger partial charge < -0.3 is 8.92 Å². The Kier molecular flexibility index (Phi) is 4.35. The van der Waals surface area contributed by atoms with Gasteiger partial charge in [-0.3, -0.25) is 4.90 Å². The molecule has 0 aromatic carbocycles. The van der Waals surface area contributed by atoms with Crippen molar-refractivity contribution in [2.45, 2.75) is 18.6 Å². The number of ether oxygens (including phenoxy) is 1. The summed E-state index contributed by atoms with van der Waals surface area (Å²) >= 11 is 1.43. The van der Waals surface area contributed by atoms with Crippen LogP contribution in [0.4, 0.5) is 0 Å². The molecule has 0 aliphatic carbocycles. The van der Waals surface area contributed by atoms with Crippen LogP contribution in [-0.2, 0) is 8.92 Å². The summed E-state index contributed by atoms with van der Waals surface area (Å²) in [6.45, 7) is 1.83. The van der Waals surface area contributed by atoms with E-state index in [1.165, 1.54) is 12.0 Å². The maximum Gasteiger partial charge on any atom is 0.0770 e. The van der Waals surface area contributed by atoms with Crippen molar-refractivity contribution in [2.24, 2.45) is 0 Å². The van der Waals surface area contributed by atoms with Crippen molar-refractivity contribution in [3.8, 4) is 0 Å². The molecular weight excluding hydrogens is 174 g/mol. The highest BCUT2D eigenvalue weighted by Crippen LogP contribution is 2.18. The molecule has 1 heterocycles. The first kappa shape index (κ1) is 10.3.